The van der Waals surface area contributed by atoms with Crippen molar-refractivity contribution in [2.75, 3.05) is 53.9 Å². The third kappa shape index (κ3) is 5.01. The first kappa shape index (κ1) is 17.4. The molecule has 0 N–H and O–H groups in total. The Kier molecular flexibility index (Phi) is 6.87. The number of rotatable bonds is 8. The molecule has 0 unspecified atom stereocenters. The summed E-state index contributed by atoms with van der Waals surface area (Å²) >= 11 is 0. The molecule has 0 aromatic carbocycles. The third-order valence-corrected chi connectivity index (χ3v) is 5.52. The molecule has 0 aromatic rings. The molecule has 0 radical (unpaired) electrons. The van der Waals surface area contributed by atoms with Gasteiger partial charge in [0.2, 0.25) is 0 Å². The first-order valence-corrected chi connectivity index (χ1v) is 8.24. The van der Waals surface area contributed by atoms with Crippen LogP contribution in [0.5, 0.6) is 0 Å². The maximum atomic E-state index is 12.2. The molecule has 0 bridgehead atoms. The summed E-state index contributed by atoms with van der Waals surface area (Å²) in [6, 6.07) is 0. The van der Waals surface area contributed by atoms with Crippen molar-refractivity contribution in [3.63, 3.8) is 0 Å². The molecule has 20 heavy (non-hydrogen) atoms. The summed E-state index contributed by atoms with van der Waals surface area (Å²) in [5.74, 6) is -0.410. The van der Waals surface area contributed by atoms with Gasteiger partial charge in [-0.3, -0.25) is 4.79 Å². The fraction of sp³-hybridized carbons (Fsp3) is 0.917. The van der Waals surface area contributed by atoms with Gasteiger partial charge in [-0.25, -0.2) is 0 Å². The SMILES string of the molecule is COC(=O)CCN(C)S(=O)(=O)N(C)CCN1CCCC1. The molecule has 1 saturated heterocycles. The first-order valence-electron chi connectivity index (χ1n) is 6.84. The van der Waals surface area contributed by atoms with Crippen molar-refractivity contribution in [2.24, 2.45) is 0 Å². The summed E-state index contributed by atoms with van der Waals surface area (Å²) in [6.45, 7) is 3.44. The topological polar surface area (TPSA) is 70.2 Å². The van der Waals surface area contributed by atoms with Crippen LogP contribution < -0.4 is 0 Å². The highest BCUT2D eigenvalue weighted by Gasteiger charge is 2.24. The van der Waals surface area contributed by atoms with E-state index in [1.54, 1.807) is 7.05 Å². The second kappa shape index (κ2) is 7.92. The molecule has 8 heteroatoms. The summed E-state index contributed by atoms with van der Waals surface area (Å²) in [7, 11) is 0.835. The van der Waals surface area contributed by atoms with Crippen LogP contribution in [0.4, 0.5) is 0 Å². The number of hydrogen-bond donors (Lipinski definition) is 0. The molecule has 0 atom stereocenters. The van der Waals surface area contributed by atoms with Crippen LogP contribution in [-0.2, 0) is 19.7 Å². The van der Waals surface area contributed by atoms with E-state index in [9.17, 15) is 13.2 Å². The molecule has 1 rings (SSSR count). The van der Waals surface area contributed by atoms with Gasteiger partial charge in [-0.05, 0) is 25.9 Å². The van der Waals surface area contributed by atoms with E-state index in [1.165, 1.54) is 35.6 Å². The Morgan fingerprint density at radius 3 is 2.25 bits per heavy atom. The molecule has 0 aliphatic carbocycles. The van der Waals surface area contributed by atoms with Crippen molar-refractivity contribution in [3.05, 3.63) is 0 Å². The molecule has 7 nitrogen and oxygen atoms in total. The zero-order valence-corrected chi connectivity index (χ0v) is 13.4. The Morgan fingerprint density at radius 1 is 1.15 bits per heavy atom. The van der Waals surface area contributed by atoms with E-state index in [0.717, 1.165) is 19.6 Å². The molecule has 1 heterocycles. The van der Waals surface area contributed by atoms with Crippen LogP contribution >= 0.6 is 0 Å². The van der Waals surface area contributed by atoms with E-state index < -0.39 is 16.2 Å². The van der Waals surface area contributed by atoms with Crippen molar-refractivity contribution >= 4 is 16.2 Å². The zero-order chi connectivity index (χ0) is 15.2. The van der Waals surface area contributed by atoms with Gasteiger partial charge in [0.25, 0.3) is 10.2 Å². The molecule has 1 aliphatic heterocycles. The lowest BCUT2D eigenvalue weighted by molar-refractivity contribution is -0.140. The van der Waals surface area contributed by atoms with Gasteiger partial charge >= 0.3 is 5.97 Å². The highest BCUT2D eigenvalue weighted by Crippen LogP contribution is 2.09. The van der Waals surface area contributed by atoms with Crippen LogP contribution in [0, 0.1) is 0 Å². The summed E-state index contributed by atoms with van der Waals surface area (Å²) in [5, 5.41) is 0. The van der Waals surface area contributed by atoms with Crippen molar-refractivity contribution in [1.82, 2.24) is 13.5 Å². The highest BCUT2D eigenvalue weighted by molar-refractivity contribution is 7.86. The van der Waals surface area contributed by atoms with Crippen LogP contribution in [0.2, 0.25) is 0 Å². The number of carbonyl (C=O) groups is 1. The van der Waals surface area contributed by atoms with E-state index >= 15 is 0 Å². The standard InChI is InChI=1S/C12H25N3O4S/c1-13(9-6-12(16)19-3)20(17,18)14(2)10-11-15-7-4-5-8-15/h4-11H2,1-3H3. The summed E-state index contributed by atoms with van der Waals surface area (Å²) < 4.78 is 31.5. The molecule has 1 fully saturated rings. The minimum atomic E-state index is -3.50. The van der Waals surface area contributed by atoms with E-state index in [-0.39, 0.29) is 13.0 Å². The second-order valence-corrected chi connectivity index (χ2v) is 7.17. The number of ether oxygens (including phenoxy) is 1. The average molecular weight is 307 g/mol. The number of hydrogen-bond acceptors (Lipinski definition) is 5. The smallest absolute Gasteiger partial charge is 0.306 e. The number of likely N-dealkylation sites (N-methyl/N-ethyl adjacent to an activating group) is 1. The van der Waals surface area contributed by atoms with Crippen molar-refractivity contribution in [1.29, 1.82) is 0 Å². The van der Waals surface area contributed by atoms with E-state index in [2.05, 4.69) is 9.64 Å². The Morgan fingerprint density at radius 2 is 1.70 bits per heavy atom. The zero-order valence-electron chi connectivity index (χ0n) is 12.5. The molecular formula is C12H25N3O4S. The van der Waals surface area contributed by atoms with Gasteiger partial charge < -0.3 is 9.64 Å². The van der Waals surface area contributed by atoms with Gasteiger partial charge in [-0.2, -0.15) is 17.0 Å². The summed E-state index contributed by atoms with van der Waals surface area (Å²) in [4.78, 5) is 13.3. The van der Waals surface area contributed by atoms with Crippen molar-refractivity contribution in [3.8, 4) is 0 Å². The van der Waals surface area contributed by atoms with Crippen LogP contribution in [0.15, 0.2) is 0 Å². The van der Waals surface area contributed by atoms with Crippen molar-refractivity contribution in [2.45, 2.75) is 19.3 Å². The van der Waals surface area contributed by atoms with Gasteiger partial charge in [0.1, 0.15) is 0 Å². The summed E-state index contributed by atoms with van der Waals surface area (Å²) in [6.07, 6.45) is 2.44. The normalized spacial score (nSPS) is 17.1. The summed E-state index contributed by atoms with van der Waals surface area (Å²) in [5.41, 5.74) is 0. The number of nitrogens with zero attached hydrogens (tertiary/aromatic N) is 3. The van der Waals surface area contributed by atoms with Crippen LogP contribution in [0.25, 0.3) is 0 Å². The van der Waals surface area contributed by atoms with E-state index in [0.29, 0.717) is 6.54 Å². The predicted molar refractivity (Wildman–Crippen MR) is 76.5 cm³/mol. The Labute approximate surface area is 121 Å². The Balaban J connectivity index is 2.42. The van der Waals surface area contributed by atoms with Gasteiger partial charge in [-0.15, -0.1) is 0 Å². The fourth-order valence-electron chi connectivity index (χ4n) is 2.11. The Bertz CT molecular complexity index is 407. The highest BCUT2D eigenvalue weighted by atomic mass is 32.2. The van der Waals surface area contributed by atoms with Crippen molar-refractivity contribution < 1.29 is 17.9 Å². The molecule has 118 valence electrons. The van der Waals surface area contributed by atoms with Crippen LogP contribution in [-0.4, -0.2) is 81.8 Å². The first-order chi connectivity index (χ1) is 9.37. The molecule has 0 spiro atoms. The van der Waals surface area contributed by atoms with Gasteiger partial charge in [0.15, 0.2) is 0 Å². The number of esters is 1. The average Bonchev–Trinajstić information content (AvgIpc) is 2.94. The lowest BCUT2D eigenvalue weighted by Crippen LogP contribution is -2.43. The Hall–Kier alpha value is -0.700. The van der Waals surface area contributed by atoms with Crippen LogP contribution in [0.3, 0.4) is 0 Å². The molecule has 0 saturated carbocycles. The van der Waals surface area contributed by atoms with E-state index in [1.807, 2.05) is 0 Å². The quantitative estimate of drug-likeness (QED) is 0.579. The molecule has 1 aliphatic rings. The predicted octanol–water partition coefficient (Wildman–Crippen LogP) is -0.246. The minimum absolute atomic E-state index is 0.0617. The molecule has 0 aromatic heterocycles. The van der Waals surface area contributed by atoms with Gasteiger partial charge in [-0.1, -0.05) is 0 Å². The number of carbonyl (C=O) groups excluding carboxylic acids is 1. The minimum Gasteiger partial charge on any atom is -0.469 e. The second-order valence-electron chi connectivity index (χ2n) is 5.03. The maximum Gasteiger partial charge on any atom is 0.306 e. The van der Waals surface area contributed by atoms with Gasteiger partial charge in [0.05, 0.1) is 13.5 Å². The van der Waals surface area contributed by atoms with Crippen LogP contribution in [0.1, 0.15) is 19.3 Å². The number of methoxy groups -OCH3 is 1. The lowest BCUT2D eigenvalue weighted by Gasteiger charge is -2.25. The molecule has 0 amide bonds. The lowest BCUT2D eigenvalue weighted by atomic mass is 10.4. The largest absolute Gasteiger partial charge is 0.469 e. The monoisotopic (exact) mass is 307 g/mol. The number of likely N-dealkylation sites (tertiary alicyclic amines) is 1. The third-order valence-electron chi connectivity index (χ3n) is 3.58. The maximum absolute atomic E-state index is 12.2. The van der Waals surface area contributed by atoms with Gasteiger partial charge in [0, 0.05) is 33.7 Å². The molecular weight excluding hydrogens is 282 g/mol. The van der Waals surface area contributed by atoms with E-state index in [4.69, 9.17) is 0 Å². The fourth-order valence-corrected chi connectivity index (χ4v) is 3.22.